The van der Waals surface area contributed by atoms with Crippen LogP contribution in [0.2, 0.25) is 0 Å². The van der Waals surface area contributed by atoms with E-state index in [1.165, 1.54) is 0 Å². The molecule has 3 heterocycles. The molecule has 1 unspecified atom stereocenters. The number of aromatic amines is 1. The number of nitrogens with zero attached hydrogens (tertiary/aromatic N) is 5. The maximum Gasteiger partial charge on any atom is 0.181 e. The molecule has 0 radical (unpaired) electrons. The molecule has 7 nitrogen and oxygen atoms in total. The first-order valence-corrected chi connectivity index (χ1v) is 6.94. The van der Waals surface area contributed by atoms with Crippen LogP contribution in [0.5, 0.6) is 0 Å². The van der Waals surface area contributed by atoms with E-state index in [1.54, 1.807) is 12.3 Å². The largest absolute Gasteiger partial charge is 0.366 e. The van der Waals surface area contributed by atoms with Crippen LogP contribution in [0.1, 0.15) is 30.2 Å². The van der Waals surface area contributed by atoms with Gasteiger partial charge in [0.2, 0.25) is 0 Å². The summed E-state index contributed by atoms with van der Waals surface area (Å²) < 4.78 is 5.75. The number of nitriles is 1. The maximum atomic E-state index is 8.81. The summed E-state index contributed by atoms with van der Waals surface area (Å²) >= 11 is 0. The second-order valence-electron chi connectivity index (χ2n) is 4.82. The van der Waals surface area contributed by atoms with E-state index in [1.807, 2.05) is 13.0 Å². The van der Waals surface area contributed by atoms with Gasteiger partial charge < -0.3 is 9.64 Å². The standard InChI is InChI=1S/C14H16N6O/c1-2-12-17-14(19-18-12)11-9-20(5-6-21-11)13-4-3-10(7-15)8-16-13/h3-4,8,11H,2,5-6,9H2,1H3,(H,17,18,19). The zero-order chi connectivity index (χ0) is 14.7. The second kappa shape index (κ2) is 5.89. The molecule has 21 heavy (non-hydrogen) atoms. The Hall–Kier alpha value is -2.46. The smallest absolute Gasteiger partial charge is 0.181 e. The first kappa shape index (κ1) is 13.5. The molecule has 0 saturated carbocycles. The van der Waals surface area contributed by atoms with Crippen LogP contribution >= 0.6 is 0 Å². The number of H-pyrrole nitrogens is 1. The molecule has 0 amide bonds. The number of anilines is 1. The van der Waals surface area contributed by atoms with Crippen molar-refractivity contribution < 1.29 is 4.74 Å². The summed E-state index contributed by atoms with van der Waals surface area (Å²) in [6.07, 6.45) is 2.25. The number of hydrogen-bond acceptors (Lipinski definition) is 6. The first-order valence-electron chi connectivity index (χ1n) is 6.94. The van der Waals surface area contributed by atoms with Gasteiger partial charge >= 0.3 is 0 Å². The van der Waals surface area contributed by atoms with E-state index in [0.29, 0.717) is 24.5 Å². The summed E-state index contributed by atoms with van der Waals surface area (Å²) in [6, 6.07) is 5.70. The van der Waals surface area contributed by atoms with Crippen LogP contribution in [-0.2, 0) is 11.2 Å². The van der Waals surface area contributed by atoms with Crippen molar-refractivity contribution in [3.63, 3.8) is 0 Å². The fourth-order valence-corrected chi connectivity index (χ4v) is 2.27. The Balaban J connectivity index is 1.74. The third kappa shape index (κ3) is 2.85. The third-order valence-corrected chi connectivity index (χ3v) is 3.44. The Labute approximate surface area is 122 Å². The molecule has 2 aromatic rings. The maximum absolute atomic E-state index is 8.81. The van der Waals surface area contributed by atoms with Gasteiger partial charge in [-0.15, -0.1) is 0 Å². The molecular weight excluding hydrogens is 268 g/mol. The molecule has 1 atom stereocenters. The summed E-state index contributed by atoms with van der Waals surface area (Å²) in [7, 11) is 0. The molecule has 1 aliphatic rings. The van der Waals surface area contributed by atoms with Gasteiger partial charge in [0.15, 0.2) is 5.82 Å². The highest BCUT2D eigenvalue weighted by Gasteiger charge is 2.26. The van der Waals surface area contributed by atoms with Crippen LogP contribution in [-0.4, -0.2) is 39.9 Å². The van der Waals surface area contributed by atoms with Gasteiger partial charge in [-0.2, -0.15) is 10.4 Å². The van der Waals surface area contributed by atoms with E-state index in [4.69, 9.17) is 10.00 Å². The molecule has 1 fully saturated rings. The molecule has 1 saturated heterocycles. The highest BCUT2D eigenvalue weighted by atomic mass is 16.5. The van der Waals surface area contributed by atoms with Crippen LogP contribution < -0.4 is 4.90 Å². The van der Waals surface area contributed by atoms with E-state index in [0.717, 1.165) is 24.6 Å². The monoisotopic (exact) mass is 284 g/mol. The van der Waals surface area contributed by atoms with E-state index < -0.39 is 0 Å². The van der Waals surface area contributed by atoms with E-state index in [9.17, 15) is 0 Å². The highest BCUT2D eigenvalue weighted by Crippen LogP contribution is 2.23. The van der Waals surface area contributed by atoms with Crippen molar-refractivity contribution in [3.05, 3.63) is 35.5 Å². The zero-order valence-electron chi connectivity index (χ0n) is 11.8. The lowest BCUT2D eigenvalue weighted by molar-refractivity contribution is 0.0339. The Morgan fingerprint density at radius 3 is 3.10 bits per heavy atom. The Morgan fingerprint density at radius 1 is 1.52 bits per heavy atom. The van der Waals surface area contributed by atoms with Crippen LogP contribution in [0, 0.1) is 11.3 Å². The fourth-order valence-electron chi connectivity index (χ4n) is 2.27. The van der Waals surface area contributed by atoms with Crippen molar-refractivity contribution in [1.82, 2.24) is 20.2 Å². The van der Waals surface area contributed by atoms with Crippen LogP contribution in [0.15, 0.2) is 18.3 Å². The highest BCUT2D eigenvalue weighted by molar-refractivity contribution is 5.42. The first-order chi connectivity index (χ1) is 10.3. The minimum Gasteiger partial charge on any atom is -0.366 e. The predicted molar refractivity (Wildman–Crippen MR) is 75.6 cm³/mol. The van der Waals surface area contributed by atoms with Crippen molar-refractivity contribution in [2.24, 2.45) is 0 Å². The van der Waals surface area contributed by atoms with Gasteiger partial charge in [0.1, 0.15) is 23.8 Å². The van der Waals surface area contributed by atoms with Crippen molar-refractivity contribution in [3.8, 4) is 6.07 Å². The summed E-state index contributed by atoms with van der Waals surface area (Å²) in [5.41, 5.74) is 0.560. The molecule has 1 N–H and O–H groups in total. The van der Waals surface area contributed by atoms with Gasteiger partial charge in [-0.3, -0.25) is 5.10 Å². The van der Waals surface area contributed by atoms with E-state index in [-0.39, 0.29) is 6.10 Å². The quantitative estimate of drug-likeness (QED) is 0.911. The fraction of sp³-hybridized carbons (Fsp3) is 0.429. The van der Waals surface area contributed by atoms with Gasteiger partial charge in [0.05, 0.1) is 18.7 Å². The van der Waals surface area contributed by atoms with Crippen molar-refractivity contribution in [2.45, 2.75) is 19.4 Å². The molecular formula is C14H16N6O. The number of rotatable bonds is 3. The lowest BCUT2D eigenvalue weighted by Crippen LogP contribution is -2.39. The van der Waals surface area contributed by atoms with Crippen molar-refractivity contribution >= 4 is 5.82 Å². The van der Waals surface area contributed by atoms with Crippen LogP contribution in [0.4, 0.5) is 5.82 Å². The Bertz CT molecular complexity index is 644. The SMILES string of the molecule is CCc1nc(C2CN(c3ccc(C#N)cn3)CCO2)n[nH]1. The number of aryl methyl sites for hydroxylation is 1. The molecule has 2 aromatic heterocycles. The van der Waals surface area contributed by atoms with Gasteiger partial charge in [-0.25, -0.2) is 9.97 Å². The molecule has 108 valence electrons. The number of aromatic nitrogens is 4. The second-order valence-corrected chi connectivity index (χ2v) is 4.82. The number of pyridine rings is 1. The normalized spacial score (nSPS) is 18.5. The lowest BCUT2D eigenvalue weighted by atomic mass is 10.2. The molecule has 3 rings (SSSR count). The Kier molecular flexibility index (Phi) is 3.79. The number of nitrogens with one attached hydrogen (secondary N) is 1. The minimum atomic E-state index is -0.159. The minimum absolute atomic E-state index is 0.159. The van der Waals surface area contributed by atoms with Gasteiger partial charge in [0, 0.05) is 19.2 Å². The van der Waals surface area contributed by atoms with Gasteiger partial charge in [-0.05, 0) is 12.1 Å². The molecule has 1 aliphatic heterocycles. The molecule has 0 bridgehead atoms. The van der Waals surface area contributed by atoms with Gasteiger partial charge in [-0.1, -0.05) is 6.92 Å². The summed E-state index contributed by atoms with van der Waals surface area (Å²) in [5.74, 6) is 2.39. The van der Waals surface area contributed by atoms with Gasteiger partial charge in [0.25, 0.3) is 0 Å². The van der Waals surface area contributed by atoms with Crippen LogP contribution in [0.3, 0.4) is 0 Å². The lowest BCUT2D eigenvalue weighted by Gasteiger charge is -2.32. The number of ether oxygens (including phenoxy) is 1. The summed E-state index contributed by atoms with van der Waals surface area (Å²) in [4.78, 5) is 10.9. The Morgan fingerprint density at radius 2 is 2.43 bits per heavy atom. The summed E-state index contributed by atoms with van der Waals surface area (Å²) in [5, 5.41) is 15.9. The average Bonchev–Trinajstić information content (AvgIpc) is 3.04. The van der Waals surface area contributed by atoms with Crippen LogP contribution in [0.25, 0.3) is 0 Å². The third-order valence-electron chi connectivity index (χ3n) is 3.44. The molecule has 0 aromatic carbocycles. The van der Waals surface area contributed by atoms with Crippen molar-refractivity contribution in [2.75, 3.05) is 24.6 Å². The summed E-state index contributed by atoms with van der Waals surface area (Å²) in [6.45, 7) is 4.04. The molecule has 0 aliphatic carbocycles. The van der Waals surface area contributed by atoms with Crippen molar-refractivity contribution in [1.29, 1.82) is 5.26 Å². The average molecular weight is 284 g/mol. The number of hydrogen-bond donors (Lipinski definition) is 1. The number of morpholine rings is 1. The zero-order valence-corrected chi connectivity index (χ0v) is 11.8. The van der Waals surface area contributed by atoms with E-state index in [2.05, 4.69) is 31.1 Å². The predicted octanol–water partition coefficient (Wildman–Crippen LogP) is 1.21. The molecule has 0 spiro atoms. The molecule has 7 heteroatoms. The topological polar surface area (TPSA) is 90.7 Å². The van der Waals surface area contributed by atoms with E-state index >= 15 is 0 Å².